The van der Waals surface area contributed by atoms with E-state index in [0.717, 1.165) is 0 Å². The zero-order chi connectivity index (χ0) is 22.0. The lowest BCUT2D eigenvalue weighted by Crippen LogP contribution is -2.30. The number of fused-ring (bicyclic) bond motifs is 4. The van der Waals surface area contributed by atoms with Crippen LogP contribution in [0.3, 0.4) is 0 Å². The van der Waals surface area contributed by atoms with Crippen molar-refractivity contribution in [1.82, 2.24) is 15.3 Å². The fourth-order valence-corrected chi connectivity index (χ4v) is 3.36. The number of hydrogen-bond donors (Lipinski definition) is 3. The van der Waals surface area contributed by atoms with Crippen molar-refractivity contribution in [2.24, 2.45) is 5.73 Å². The second-order valence-corrected chi connectivity index (χ2v) is 7.21. The number of aromatic nitrogens is 2. The average Bonchev–Trinajstić information content (AvgIpc) is 2.77. The first kappa shape index (κ1) is 20.4. The Bertz CT molecular complexity index is 1320. The topological polar surface area (TPSA) is 148 Å². The molecule has 2 aromatic rings. The van der Waals surface area contributed by atoms with Crippen molar-refractivity contribution < 1.29 is 19.1 Å². The molecule has 4 N–H and O–H groups in total. The molecule has 2 aliphatic rings. The zero-order valence-corrected chi connectivity index (χ0v) is 16.5. The Morgan fingerprint density at radius 3 is 2.84 bits per heavy atom. The van der Waals surface area contributed by atoms with Crippen molar-refractivity contribution >= 4 is 33.9 Å². The lowest BCUT2D eigenvalue weighted by molar-refractivity contribution is -0.138. The number of benzene rings is 2. The molecule has 0 saturated carbocycles. The molecule has 0 bridgehead atoms. The minimum atomic E-state index is -1.03. The maximum absolute atomic E-state index is 12.4. The SMILES string of the molecule is N[C@@H](CCCCNC(=O)c1ccc2nc3c4cccnc4c(=O)cc-3oc2c1)C(=O)O. The number of rotatable bonds is 7. The van der Waals surface area contributed by atoms with Crippen LogP contribution in [0.15, 0.2) is 51.8 Å². The third-order valence-electron chi connectivity index (χ3n) is 5.01. The molecule has 9 nitrogen and oxygen atoms in total. The zero-order valence-electron chi connectivity index (χ0n) is 16.5. The van der Waals surface area contributed by atoms with Gasteiger partial charge in [-0.3, -0.25) is 19.4 Å². The summed E-state index contributed by atoms with van der Waals surface area (Å²) in [6.07, 6.45) is 3.12. The van der Waals surface area contributed by atoms with Crippen molar-refractivity contribution in [1.29, 1.82) is 0 Å². The van der Waals surface area contributed by atoms with E-state index in [2.05, 4.69) is 15.3 Å². The van der Waals surface area contributed by atoms with Gasteiger partial charge in [0.05, 0.1) is 0 Å². The highest BCUT2D eigenvalue weighted by Crippen LogP contribution is 2.29. The normalized spacial score (nSPS) is 12.3. The largest absolute Gasteiger partial charge is 0.480 e. The first-order valence-corrected chi connectivity index (χ1v) is 9.83. The summed E-state index contributed by atoms with van der Waals surface area (Å²) in [6, 6.07) is 8.88. The summed E-state index contributed by atoms with van der Waals surface area (Å²) in [4.78, 5) is 44.2. The van der Waals surface area contributed by atoms with E-state index in [1.54, 1.807) is 36.5 Å². The molecule has 1 amide bonds. The quantitative estimate of drug-likeness (QED) is 0.234. The number of carboxylic acids is 1. The van der Waals surface area contributed by atoms with Gasteiger partial charge in [-0.05, 0) is 49.6 Å². The third kappa shape index (κ3) is 4.22. The molecule has 0 fully saturated rings. The highest BCUT2D eigenvalue weighted by Gasteiger charge is 2.17. The Morgan fingerprint density at radius 1 is 1.19 bits per heavy atom. The van der Waals surface area contributed by atoms with Crippen molar-refractivity contribution in [3.8, 4) is 11.5 Å². The highest BCUT2D eigenvalue weighted by molar-refractivity contribution is 5.98. The number of carboxylic acid groups (broad SMARTS) is 1. The van der Waals surface area contributed by atoms with E-state index in [1.165, 1.54) is 6.07 Å². The molecular formula is C22H20N4O5. The number of nitrogens with two attached hydrogens (primary N) is 1. The van der Waals surface area contributed by atoms with Crippen LogP contribution in [0.25, 0.3) is 33.5 Å². The number of amides is 1. The van der Waals surface area contributed by atoms with Crippen molar-refractivity contribution in [2.75, 3.05) is 6.54 Å². The molecule has 31 heavy (non-hydrogen) atoms. The average molecular weight is 420 g/mol. The Morgan fingerprint density at radius 2 is 2.03 bits per heavy atom. The molecule has 1 aliphatic carbocycles. The number of aliphatic carboxylic acids is 1. The fraction of sp³-hybridized carbons (Fsp3) is 0.227. The molecule has 9 heteroatoms. The lowest BCUT2D eigenvalue weighted by atomic mass is 10.1. The van der Waals surface area contributed by atoms with Crippen LogP contribution < -0.4 is 16.5 Å². The Labute approximate surface area is 176 Å². The number of carbonyl (C=O) groups excluding carboxylic acids is 1. The van der Waals surface area contributed by atoms with Gasteiger partial charge in [-0.2, -0.15) is 0 Å². The molecular weight excluding hydrogens is 400 g/mol. The van der Waals surface area contributed by atoms with Crippen LogP contribution >= 0.6 is 0 Å². The van der Waals surface area contributed by atoms with E-state index < -0.39 is 12.0 Å². The summed E-state index contributed by atoms with van der Waals surface area (Å²) < 4.78 is 5.88. The van der Waals surface area contributed by atoms with E-state index in [0.29, 0.717) is 64.8 Å². The minimum Gasteiger partial charge on any atom is -0.480 e. The van der Waals surface area contributed by atoms with Crippen molar-refractivity contribution in [2.45, 2.75) is 25.3 Å². The van der Waals surface area contributed by atoms with Crippen LogP contribution in [0, 0.1) is 0 Å². The summed E-state index contributed by atoms with van der Waals surface area (Å²) in [7, 11) is 0. The first-order chi connectivity index (χ1) is 14.9. The van der Waals surface area contributed by atoms with Gasteiger partial charge >= 0.3 is 5.97 Å². The highest BCUT2D eigenvalue weighted by atomic mass is 16.4. The number of carbonyl (C=O) groups is 2. The minimum absolute atomic E-state index is 0.260. The molecule has 1 aromatic heterocycles. The summed E-state index contributed by atoms with van der Waals surface area (Å²) >= 11 is 0. The summed E-state index contributed by atoms with van der Waals surface area (Å²) in [5.41, 5.74) is 7.39. The van der Waals surface area contributed by atoms with Gasteiger partial charge in [0, 0.05) is 29.8 Å². The maximum Gasteiger partial charge on any atom is 0.320 e. The van der Waals surface area contributed by atoms with Crippen molar-refractivity contribution in [3.63, 3.8) is 0 Å². The maximum atomic E-state index is 12.4. The number of nitrogens with one attached hydrogen (secondary N) is 1. The number of pyridine rings is 1. The molecule has 4 rings (SSSR count). The molecule has 0 spiro atoms. The van der Waals surface area contributed by atoms with E-state index in [1.807, 2.05) is 0 Å². The first-order valence-electron chi connectivity index (χ1n) is 9.83. The molecule has 2 heterocycles. The van der Waals surface area contributed by atoms with Crippen LogP contribution in [0.2, 0.25) is 0 Å². The number of nitrogens with zero attached hydrogens (tertiary/aromatic N) is 2. The molecule has 0 saturated heterocycles. The molecule has 1 aromatic carbocycles. The molecule has 1 atom stereocenters. The van der Waals surface area contributed by atoms with Gasteiger partial charge in [-0.15, -0.1) is 0 Å². The van der Waals surface area contributed by atoms with E-state index in [9.17, 15) is 14.4 Å². The van der Waals surface area contributed by atoms with Gasteiger partial charge in [0.2, 0.25) is 5.43 Å². The number of unbranched alkanes of at least 4 members (excludes halogenated alkanes) is 1. The third-order valence-corrected chi connectivity index (χ3v) is 5.01. The summed E-state index contributed by atoms with van der Waals surface area (Å²) in [5, 5.41) is 12.2. The predicted octanol–water partition coefficient (Wildman–Crippen LogP) is 2.15. The van der Waals surface area contributed by atoms with Gasteiger partial charge in [-0.25, -0.2) is 4.98 Å². The summed E-state index contributed by atoms with van der Waals surface area (Å²) in [6.45, 7) is 0.398. The van der Waals surface area contributed by atoms with Crippen LogP contribution in [-0.4, -0.2) is 39.5 Å². The van der Waals surface area contributed by atoms with Crippen LogP contribution in [0.1, 0.15) is 29.6 Å². The second-order valence-electron chi connectivity index (χ2n) is 7.21. The van der Waals surface area contributed by atoms with E-state index in [4.69, 9.17) is 15.3 Å². The van der Waals surface area contributed by atoms with Crippen LogP contribution in [-0.2, 0) is 4.79 Å². The smallest absolute Gasteiger partial charge is 0.320 e. The standard InChI is InChI=1S/C22H20N4O5/c23-14(22(29)30)5-1-2-8-25-21(28)12-6-7-15-17(10-12)31-18-11-16(27)19-13(20(18)26-15)4-3-9-24-19/h3-4,6-7,9-11,14H,1-2,5,8,23H2,(H,25,28)(H,29,30)/t14-/m0/s1. The molecule has 0 radical (unpaired) electrons. The van der Waals surface area contributed by atoms with Gasteiger partial charge in [0.25, 0.3) is 5.91 Å². The second kappa shape index (κ2) is 8.49. The van der Waals surface area contributed by atoms with Crippen LogP contribution in [0.5, 0.6) is 0 Å². The monoisotopic (exact) mass is 420 g/mol. The molecule has 0 unspecified atom stereocenters. The Hall–Kier alpha value is -3.85. The van der Waals surface area contributed by atoms with Gasteiger partial charge < -0.3 is 20.6 Å². The molecule has 1 aliphatic heterocycles. The van der Waals surface area contributed by atoms with E-state index in [-0.39, 0.29) is 11.3 Å². The van der Waals surface area contributed by atoms with E-state index >= 15 is 0 Å². The van der Waals surface area contributed by atoms with Crippen molar-refractivity contribution in [3.05, 3.63) is 58.4 Å². The van der Waals surface area contributed by atoms with Crippen LogP contribution in [0.4, 0.5) is 0 Å². The summed E-state index contributed by atoms with van der Waals surface area (Å²) in [5.74, 6) is -0.990. The number of hydrogen-bond acceptors (Lipinski definition) is 7. The lowest BCUT2D eigenvalue weighted by Gasteiger charge is -2.10. The Kier molecular flexibility index (Phi) is 5.59. The van der Waals surface area contributed by atoms with Gasteiger partial charge in [-0.1, -0.05) is 0 Å². The fourth-order valence-electron chi connectivity index (χ4n) is 3.36. The predicted molar refractivity (Wildman–Crippen MR) is 114 cm³/mol. The van der Waals surface area contributed by atoms with Gasteiger partial charge in [0.15, 0.2) is 11.3 Å². The Balaban J connectivity index is 1.53. The van der Waals surface area contributed by atoms with Gasteiger partial charge in [0.1, 0.15) is 22.8 Å². The molecule has 158 valence electrons.